The van der Waals surface area contributed by atoms with Gasteiger partial charge in [0.1, 0.15) is 10.6 Å². The molecule has 6 nitrogen and oxygen atoms in total. The SMILES string of the molecule is COCCCN(C)C(=O)c1cc(S(=O)(=O)Cl)cn1C(C)C. The van der Waals surface area contributed by atoms with Gasteiger partial charge >= 0.3 is 0 Å². The van der Waals surface area contributed by atoms with Crippen molar-refractivity contribution >= 4 is 25.6 Å². The summed E-state index contributed by atoms with van der Waals surface area (Å²) in [6.45, 7) is 4.82. The van der Waals surface area contributed by atoms with Crippen LogP contribution in [0.25, 0.3) is 0 Å². The smallest absolute Gasteiger partial charge is 0.270 e. The fourth-order valence-corrected chi connectivity index (χ4v) is 2.67. The van der Waals surface area contributed by atoms with E-state index in [0.29, 0.717) is 25.3 Å². The van der Waals surface area contributed by atoms with Crippen molar-refractivity contribution < 1.29 is 17.9 Å². The maximum Gasteiger partial charge on any atom is 0.270 e. The summed E-state index contributed by atoms with van der Waals surface area (Å²) in [6.07, 6.45) is 2.10. The van der Waals surface area contributed by atoms with Gasteiger partial charge in [0.25, 0.3) is 15.0 Å². The van der Waals surface area contributed by atoms with E-state index in [9.17, 15) is 13.2 Å². The van der Waals surface area contributed by atoms with Gasteiger partial charge in [0, 0.05) is 50.2 Å². The molecule has 0 N–H and O–H groups in total. The minimum Gasteiger partial charge on any atom is -0.385 e. The number of amides is 1. The Morgan fingerprint density at radius 1 is 1.48 bits per heavy atom. The summed E-state index contributed by atoms with van der Waals surface area (Å²) in [5, 5.41) is 0. The van der Waals surface area contributed by atoms with Crippen LogP contribution < -0.4 is 0 Å². The number of ether oxygens (including phenoxy) is 1. The van der Waals surface area contributed by atoms with Gasteiger partial charge in [-0.15, -0.1) is 0 Å². The predicted octanol–water partition coefficient (Wildman–Crippen LogP) is 2.11. The summed E-state index contributed by atoms with van der Waals surface area (Å²) >= 11 is 0. The Labute approximate surface area is 130 Å². The van der Waals surface area contributed by atoms with Crippen LogP contribution >= 0.6 is 10.7 Å². The lowest BCUT2D eigenvalue weighted by Crippen LogP contribution is -2.30. The molecule has 120 valence electrons. The highest BCUT2D eigenvalue weighted by Gasteiger charge is 2.23. The quantitative estimate of drug-likeness (QED) is 0.565. The average Bonchev–Trinajstić information content (AvgIpc) is 2.83. The zero-order valence-corrected chi connectivity index (χ0v) is 14.2. The fraction of sp³-hybridized carbons (Fsp3) is 0.615. The van der Waals surface area contributed by atoms with Gasteiger partial charge < -0.3 is 14.2 Å². The summed E-state index contributed by atoms with van der Waals surface area (Å²) in [6, 6.07) is 1.26. The molecule has 0 saturated heterocycles. The number of hydrogen-bond acceptors (Lipinski definition) is 4. The molecular weight excluding hydrogens is 316 g/mol. The maximum atomic E-state index is 12.4. The monoisotopic (exact) mass is 336 g/mol. The highest BCUT2D eigenvalue weighted by Crippen LogP contribution is 2.22. The van der Waals surface area contributed by atoms with E-state index in [0.717, 1.165) is 0 Å². The second kappa shape index (κ2) is 7.29. The van der Waals surface area contributed by atoms with Crippen LogP contribution in [0.2, 0.25) is 0 Å². The molecule has 0 fully saturated rings. The highest BCUT2D eigenvalue weighted by molar-refractivity contribution is 8.13. The first kappa shape index (κ1) is 18.0. The van der Waals surface area contributed by atoms with E-state index in [1.807, 2.05) is 13.8 Å². The number of hydrogen-bond donors (Lipinski definition) is 0. The van der Waals surface area contributed by atoms with E-state index in [1.165, 1.54) is 17.2 Å². The first-order valence-electron chi connectivity index (χ1n) is 6.59. The van der Waals surface area contributed by atoms with Gasteiger partial charge in [-0.05, 0) is 26.3 Å². The molecule has 1 amide bonds. The topological polar surface area (TPSA) is 68.6 Å². The third kappa shape index (κ3) is 4.72. The van der Waals surface area contributed by atoms with Gasteiger partial charge in [-0.25, -0.2) is 8.42 Å². The van der Waals surface area contributed by atoms with E-state index >= 15 is 0 Å². The summed E-state index contributed by atoms with van der Waals surface area (Å²) in [5.74, 6) is -0.244. The van der Waals surface area contributed by atoms with Gasteiger partial charge in [-0.3, -0.25) is 4.79 Å². The van der Waals surface area contributed by atoms with Gasteiger partial charge in [-0.1, -0.05) is 0 Å². The zero-order valence-electron chi connectivity index (χ0n) is 12.7. The molecule has 21 heavy (non-hydrogen) atoms. The van der Waals surface area contributed by atoms with Crippen molar-refractivity contribution in [3.8, 4) is 0 Å². The molecule has 0 unspecified atom stereocenters. The lowest BCUT2D eigenvalue weighted by Gasteiger charge is -2.19. The molecule has 0 aromatic carbocycles. The molecule has 0 radical (unpaired) electrons. The van der Waals surface area contributed by atoms with Crippen LogP contribution in [0.15, 0.2) is 17.2 Å². The Morgan fingerprint density at radius 3 is 2.57 bits per heavy atom. The van der Waals surface area contributed by atoms with Crippen molar-refractivity contribution in [2.45, 2.75) is 31.2 Å². The van der Waals surface area contributed by atoms with Gasteiger partial charge in [-0.2, -0.15) is 0 Å². The van der Waals surface area contributed by atoms with Crippen LogP contribution in [0.3, 0.4) is 0 Å². The summed E-state index contributed by atoms with van der Waals surface area (Å²) in [7, 11) is 4.77. The standard InChI is InChI=1S/C13H21ClN2O4S/c1-10(2)16-9-11(21(14,18)19)8-12(16)13(17)15(3)6-5-7-20-4/h8-10H,5-7H2,1-4H3. The molecule has 0 saturated carbocycles. The predicted molar refractivity (Wildman–Crippen MR) is 81.3 cm³/mol. The van der Waals surface area contributed by atoms with Crippen LogP contribution in [-0.4, -0.2) is 51.1 Å². The Bertz CT molecular complexity index is 595. The Hall–Kier alpha value is -1.05. The lowest BCUT2D eigenvalue weighted by molar-refractivity contribution is 0.0767. The highest BCUT2D eigenvalue weighted by atomic mass is 35.7. The van der Waals surface area contributed by atoms with E-state index in [1.54, 1.807) is 18.7 Å². The van der Waals surface area contributed by atoms with Crippen molar-refractivity contribution in [2.75, 3.05) is 27.3 Å². The number of carbonyl (C=O) groups is 1. The van der Waals surface area contributed by atoms with E-state index in [-0.39, 0.29) is 16.8 Å². The molecule has 1 aromatic rings. The molecule has 0 aliphatic heterocycles. The molecule has 0 aliphatic rings. The first-order valence-corrected chi connectivity index (χ1v) is 8.90. The molecule has 8 heteroatoms. The number of halogens is 1. The van der Waals surface area contributed by atoms with Gasteiger partial charge in [0.05, 0.1) is 0 Å². The molecule has 1 aromatic heterocycles. The number of rotatable bonds is 7. The Morgan fingerprint density at radius 2 is 2.10 bits per heavy atom. The van der Waals surface area contributed by atoms with Crippen LogP contribution in [-0.2, 0) is 13.8 Å². The van der Waals surface area contributed by atoms with E-state index in [2.05, 4.69) is 0 Å². The second-order valence-electron chi connectivity index (χ2n) is 5.07. The number of carbonyl (C=O) groups excluding carboxylic acids is 1. The van der Waals surface area contributed by atoms with Crippen LogP contribution in [0.5, 0.6) is 0 Å². The molecule has 1 heterocycles. The number of methoxy groups -OCH3 is 1. The summed E-state index contributed by atoms with van der Waals surface area (Å²) in [5.41, 5.74) is 0.309. The molecule has 0 bridgehead atoms. The minimum atomic E-state index is -3.86. The summed E-state index contributed by atoms with van der Waals surface area (Å²) in [4.78, 5) is 13.9. The van der Waals surface area contributed by atoms with Crippen molar-refractivity contribution in [1.82, 2.24) is 9.47 Å². The largest absolute Gasteiger partial charge is 0.385 e. The molecule has 0 spiro atoms. The molecule has 1 rings (SSSR count). The van der Waals surface area contributed by atoms with Crippen LogP contribution in [0.4, 0.5) is 0 Å². The van der Waals surface area contributed by atoms with Gasteiger partial charge in [0.2, 0.25) is 0 Å². The molecular formula is C13H21ClN2O4S. The first-order chi connectivity index (χ1) is 9.68. The van der Waals surface area contributed by atoms with Crippen molar-refractivity contribution in [3.05, 3.63) is 18.0 Å². The normalized spacial score (nSPS) is 11.9. The zero-order chi connectivity index (χ0) is 16.2. The van der Waals surface area contributed by atoms with Crippen molar-refractivity contribution in [2.24, 2.45) is 0 Å². The maximum absolute atomic E-state index is 12.4. The van der Waals surface area contributed by atoms with E-state index < -0.39 is 9.05 Å². The second-order valence-corrected chi connectivity index (χ2v) is 7.64. The van der Waals surface area contributed by atoms with E-state index in [4.69, 9.17) is 15.4 Å². The van der Waals surface area contributed by atoms with Crippen LogP contribution in [0.1, 0.15) is 36.8 Å². The number of aromatic nitrogens is 1. The molecule has 0 atom stereocenters. The fourth-order valence-electron chi connectivity index (χ4n) is 1.93. The Kier molecular flexibility index (Phi) is 6.24. The van der Waals surface area contributed by atoms with Crippen LogP contribution in [0, 0.1) is 0 Å². The average molecular weight is 337 g/mol. The van der Waals surface area contributed by atoms with Crippen molar-refractivity contribution in [1.29, 1.82) is 0 Å². The number of nitrogens with zero attached hydrogens (tertiary/aromatic N) is 2. The van der Waals surface area contributed by atoms with Gasteiger partial charge in [0.15, 0.2) is 0 Å². The lowest BCUT2D eigenvalue weighted by atomic mass is 10.3. The minimum absolute atomic E-state index is 0.0523. The third-order valence-corrected chi connectivity index (χ3v) is 4.39. The Balaban J connectivity index is 3.05. The molecule has 0 aliphatic carbocycles. The summed E-state index contributed by atoms with van der Waals surface area (Å²) < 4.78 is 29.4. The van der Waals surface area contributed by atoms with Crippen molar-refractivity contribution in [3.63, 3.8) is 0 Å². The third-order valence-electron chi connectivity index (χ3n) is 3.07.